The number of ether oxygens (including phenoxy) is 1. The number of aromatic nitrogens is 2. The number of pyridine rings is 1. The van der Waals surface area contributed by atoms with Gasteiger partial charge in [0.15, 0.2) is 6.54 Å². The zero-order valence-corrected chi connectivity index (χ0v) is 11.6. The third-order valence-corrected chi connectivity index (χ3v) is 3.48. The lowest BCUT2D eigenvalue weighted by molar-refractivity contribution is -0.701. The van der Waals surface area contributed by atoms with Gasteiger partial charge in [-0.15, -0.1) is 0 Å². The molecule has 112 valence electrons. The molecule has 1 aromatic carbocycles. The molecule has 22 heavy (non-hydrogen) atoms. The number of nitrogens with zero attached hydrogens (tertiary/aromatic N) is 2. The van der Waals surface area contributed by atoms with Crippen LogP contribution in [0.3, 0.4) is 0 Å². The van der Waals surface area contributed by atoms with Gasteiger partial charge in [-0.05, 0) is 17.5 Å². The van der Waals surface area contributed by atoms with Gasteiger partial charge in [0.25, 0.3) is 5.65 Å². The fraction of sp³-hybridized carbons (Fsp3) is 0.133. The van der Waals surface area contributed by atoms with Gasteiger partial charge in [0.05, 0.1) is 18.7 Å². The summed E-state index contributed by atoms with van der Waals surface area (Å²) in [6.07, 6.45) is 1.43. The van der Waals surface area contributed by atoms with Gasteiger partial charge in [0.2, 0.25) is 5.69 Å². The van der Waals surface area contributed by atoms with Crippen molar-refractivity contribution in [2.24, 2.45) is 0 Å². The Labute approximate surface area is 124 Å². The molecule has 0 saturated carbocycles. The number of benzene rings is 1. The highest BCUT2D eigenvalue weighted by Crippen LogP contribution is 2.23. The minimum absolute atomic E-state index is 0.273. The Bertz CT molecular complexity index is 917. The largest absolute Gasteiger partial charge is 0.839 e. The molecule has 0 unspecified atom stereocenters. The molecular weight excluding hydrogens is 291 g/mol. The quantitative estimate of drug-likeness (QED) is 0.406. The summed E-state index contributed by atoms with van der Waals surface area (Å²) in [6, 6.07) is 6.91. The van der Waals surface area contributed by atoms with E-state index in [1.807, 2.05) is 12.1 Å². The van der Waals surface area contributed by atoms with Crippen molar-refractivity contribution in [2.45, 2.75) is 6.54 Å². The molecule has 3 aromatic rings. The highest BCUT2D eigenvalue weighted by atomic mass is 19.1. The van der Waals surface area contributed by atoms with E-state index in [0.717, 1.165) is 14.4 Å². The van der Waals surface area contributed by atoms with Crippen LogP contribution >= 0.6 is 0 Å². The van der Waals surface area contributed by atoms with E-state index in [9.17, 15) is 19.1 Å². The fourth-order valence-corrected chi connectivity index (χ4v) is 2.50. The molecule has 0 aliphatic heterocycles. The van der Waals surface area contributed by atoms with Gasteiger partial charge >= 0.3 is 12.0 Å². The maximum absolute atomic E-state index is 13.3. The maximum Gasteiger partial charge on any atom is 0.374 e. The van der Waals surface area contributed by atoms with Crippen LogP contribution in [0, 0.1) is 0 Å². The number of esters is 1. The standard InChI is InChI=1S/C15H11FN2O4/c1-22-11(19)8-18-14-10-5-3-2-4-9(10)6-7-17(14)12(13(16)20)15(18)21/h2-7H,8H2,1H3. The molecule has 0 bridgehead atoms. The number of carbonyl (C=O) groups excluding carboxylic acids is 2. The summed E-state index contributed by atoms with van der Waals surface area (Å²) in [5, 5.41) is 13.7. The molecule has 6 nitrogen and oxygen atoms in total. The normalized spacial score (nSPS) is 11.0. The lowest BCUT2D eigenvalue weighted by Crippen LogP contribution is -2.40. The van der Waals surface area contributed by atoms with Crippen LogP contribution in [-0.4, -0.2) is 23.5 Å². The molecule has 0 fully saturated rings. The van der Waals surface area contributed by atoms with Crippen molar-refractivity contribution in [1.29, 1.82) is 0 Å². The summed E-state index contributed by atoms with van der Waals surface area (Å²) >= 11 is 0. The maximum atomic E-state index is 13.3. The fourth-order valence-electron chi connectivity index (χ4n) is 2.50. The highest BCUT2D eigenvalue weighted by Gasteiger charge is 2.28. The Hall–Kier alpha value is -2.96. The molecule has 0 aliphatic rings. The molecule has 3 rings (SSSR count). The summed E-state index contributed by atoms with van der Waals surface area (Å²) in [6.45, 7) is -0.403. The molecule has 2 aromatic heterocycles. The van der Waals surface area contributed by atoms with Crippen LogP contribution in [0.4, 0.5) is 4.39 Å². The summed E-state index contributed by atoms with van der Waals surface area (Å²) < 4.78 is 20.0. The molecule has 0 saturated heterocycles. The van der Waals surface area contributed by atoms with Crippen LogP contribution in [0.1, 0.15) is 10.5 Å². The van der Waals surface area contributed by atoms with E-state index in [1.165, 1.54) is 13.3 Å². The SMILES string of the molecule is COC(=O)C[n+]1c([O-])c(C(=O)F)n2ccc3ccccc3c21. The Morgan fingerprint density at radius 3 is 2.73 bits per heavy atom. The third kappa shape index (κ3) is 1.98. The number of methoxy groups -OCH3 is 1. The predicted molar refractivity (Wildman–Crippen MR) is 72.0 cm³/mol. The lowest BCUT2D eigenvalue weighted by Gasteiger charge is -2.04. The number of imidazole rings is 1. The monoisotopic (exact) mass is 302 g/mol. The van der Waals surface area contributed by atoms with Crippen LogP contribution in [0.15, 0.2) is 36.5 Å². The average molecular weight is 302 g/mol. The first-order chi connectivity index (χ1) is 10.5. The van der Waals surface area contributed by atoms with Crippen LogP contribution in [0.5, 0.6) is 5.88 Å². The molecular formula is C15H11FN2O4. The number of carbonyl (C=O) groups is 2. The first-order valence-corrected chi connectivity index (χ1v) is 6.44. The van der Waals surface area contributed by atoms with E-state index in [4.69, 9.17) is 0 Å². The second-order valence-corrected chi connectivity index (χ2v) is 4.69. The van der Waals surface area contributed by atoms with Gasteiger partial charge in [-0.2, -0.15) is 8.79 Å². The Morgan fingerprint density at radius 1 is 1.32 bits per heavy atom. The predicted octanol–water partition coefficient (Wildman–Crippen LogP) is 0.736. The Morgan fingerprint density at radius 2 is 2.05 bits per heavy atom. The molecule has 0 radical (unpaired) electrons. The van der Waals surface area contributed by atoms with Crippen molar-refractivity contribution in [3.63, 3.8) is 0 Å². The second kappa shape index (κ2) is 5.10. The summed E-state index contributed by atoms with van der Waals surface area (Å²) in [5.41, 5.74) is -0.362. The van der Waals surface area contributed by atoms with Crippen LogP contribution in [-0.2, 0) is 16.1 Å². The topological polar surface area (TPSA) is 74.7 Å². The van der Waals surface area contributed by atoms with E-state index < -0.39 is 30.1 Å². The molecule has 0 atom stereocenters. The second-order valence-electron chi connectivity index (χ2n) is 4.69. The van der Waals surface area contributed by atoms with Gasteiger partial charge in [0, 0.05) is 0 Å². The molecule has 0 spiro atoms. The van der Waals surface area contributed by atoms with E-state index in [0.29, 0.717) is 5.39 Å². The van der Waals surface area contributed by atoms with Gasteiger partial charge < -0.3 is 9.84 Å². The van der Waals surface area contributed by atoms with Gasteiger partial charge in [-0.25, -0.2) is 9.36 Å². The van der Waals surface area contributed by atoms with Crippen LogP contribution in [0.25, 0.3) is 16.4 Å². The number of fused-ring (bicyclic) bond motifs is 3. The van der Waals surface area contributed by atoms with Crippen molar-refractivity contribution >= 4 is 28.4 Å². The van der Waals surface area contributed by atoms with Crippen molar-refractivity contribution in [3.05, 3.63) is 42.2 Å². The Kier molecular flexibility index (Phi) is 3.25. The smallest absolute Gasteiger partial charge is 0.374 e. The van der Waals surface area contributed by atoms with Crippen LogP contribution in [0.2, 0.25) is 0 Å². The molecule has 0 N–H and O–H groups in total. The minimum atomic E-state index is -1.85. The summed E-state index contributed by atoms with van der Waals surface area (Å²) in [7, 11) is 1.19. The summed E-state index contributed by atoms with van der Waals surface area (Å²) in [4.78, 5) is 22.7. The van der Waals surface area contributed by atoms with E-state index in [-0.39, 0.29) is 5.65 Å². The molecule has 0 amide bonds. The summed E-state index contributed by atoms with van der Waals surface area (Å²) in [5.74, 6) is -1.53. The zero-order valence-electron chi connectivity index (χ0n) is 11.6. The van der Waals surface area contributed by atoms with Crippen LogP contribution < -0.4 is 9.67 Å². The van der Waals surface area contributed by atoms with E-state index in [2.05, 4.69) is 4.74 Å². The molecule has 2 heterocycles. The molecule has 7 heteroatoms. The van der Waals surface area contributed by atoms with Gasteiger partial charge in [-0.3, -0.25) is 4.79 Å². The van der Waals surface area contributed by atoms with E-state index >= 15 is 0 Å². The number of rotatable bonds is 3. The first kappa shape index (κ1) is 14.0. The number of halogens is 1. The van der Waals surface area contributed by atoms with Crippen molar-refractivity contribution < 1.29 is 28.4 Å². The van der Waals surface area contributed by atoms with Crippen molar-refractivity contribution in [1.82, 2.24) is 4.40 Å². The lowest BCUT2D eigenvalue weighted by atomic mass is 10.2. The van der Waals surface area contributed by atoms with Crippen molar-refractivity contribution in [3.8, 4) is 5.88 Å². The molecule has 0 aliphatic carbocycles. The Balaban J connectivity index is 2.45. The first-order valence-electron chi connectivity index (χ1n) is 6.44. The highest BCUT2D eigenvalue weighted by molar-refractivity contribution is 5.96. The van der Waals surface area contributed by atoms with E-state index in [1.54, 1.807) is 18.2 Å². The number of hydrogen-bond donors (Lipinski definition) is 0. The van der Waals surface area contributed by atoms with Crippen molar-refractivity contribution in [2.75, 3.05) is 7.11 Å². The zero-order chi connectivity index (χ0) is 15.9. The number of hydrogen-bond acceptors (Lipinski definition) is 4. The van der Waals surface area contributed by atoms with Gasteiger partial charge in [0.1, 0.15) is 5.88 Å². The average Bonchev–Trinajstić information content (AvgIpc) is 2.79. The van der Waals surface area contributed by atoms with Gasteiger partial charge in [-0.1, -0.05) is 18.2 Å². The third-order valence-electron chi connectivity index (χ3n) is 3.48. The minimum Gasteiger partial charge on any atom is -0.839 e.